The quantitative estimate of drug-likeness (QED) is 0.365. The van der Waals surface area contributed by atoms with E-state index in [-0.39, 0.29) is 11.5 Å². The molecule has 1 amide bonds. The average molecular weight is 433 g/mol. The molecule has 0 spiro atoms. The van der Waals surface area contributed by atoms with Crippen LogP contribution in [0.25, 0.3) is 11.2 Å². The Bertz CT molecular complexity index is 1050. The van der Waals surface area contributed by atoms with Crippen molar-refractivity contribution < 1.29 is 18.3 Å². The smallest absolute Gasteiger partial charge is 0.295 e. The van der Waals surface area contributed by atoms with Gasteiger partial charge in [0.15, 0.2) is 11.5 Å². The van der Waals surface area contributed by atoms with Crippen LogP contribution in [0, 0.1) is 0 Å². The van der Waals surface area contributed by atoms with Gasteiger partial charge in [-0.15, -0.1) is 11.8 Å². The monoisotopic (exact) mass is 433 g/mol. The van der Waals surface area contributed by atoms with Crippen molar-refractivity contribution in [1.29, 1.82) is 0 Å². The fourth-order valence-electron chi connectivity index (χ4n) is 3.56. The number of thioether (sulfide) groups is 1. The lowest BCUT2D eigenvalue weighted by Crippen LogP contribution is -2.15. The first kappa shape index (κ1) is 20.5. The highest BCUT2D eigenvalue weighted by molar-refractivity contribution is 7.98. The molecular weight excluding hydrogens is 412 g/mol. The molecule has 0 radical (unpaired) electrons. The Morgan fingerprint density at radius 3 is 2.87 bits per heavy atom. The topological polar surface area (TPSA) is 91.9 Å². The molecule has 1 aromatic carbocycles. The molecule has 2 aromatic heterocycles. The van der Waals surface area contributed by atoms with Gasteiger partial charge in [-0.3, -0.25) is 4.79 Å². The highest BCUT2D eigenvalue weighted by Crippen LogP contribution is 2.36. The van der Waals surface area contributed by atoms with Crippen LogP contribution in [0.15, 0.2) is 29.2 Å². The lowest BCUT2D eigenvalue weighted by Gasteiger charge is -2.23. The molecule has 10 heteroatoms. The number of anilines is 3. The number of nitrogens with zero attached hydrogens (tertiary/aromatic N) is 2. The fraction of sp³-hybridized carbons (Fsp3) is 0.350. The Hall–Kier alpha value is -2.72. The number of imidazole rings is 1. The molecule has 1 fully saturated rings. The normalized spacial score (nSPS) is 16.7. The third kappa shape index (κ3) is 4.24. The van der Waals surface area contributed by atoms with E-state index < -0.39 is 12.2 Å². The molecule has 3 heterocycles. The predicted octanol–water partition coefficient (Wildman–Crippen LogP) is 4.82. The van der Waals surface area contributed by atoms with Crippen LogP contribution in [0.5, 0.6) is 0 Å². The van der Waals surface area contributed by atoms with Crippen molar-refractivity contribution in [2.24, 2.45) is 0 Å². The van der Waals surface area contributed by atoms with E-state index in [1.54, 1.807) is 17.8 Å². The van der Waals surface area contributed by atoms with Crippen molar-refractivity contribution in [3.8, 4) is 0 Å². The fourth-order valence-corrected chi connectivity index (χ4v) is 4.15. The van der Waals surface area contributed by atoms with Crippen LogP contribution in [0.3, 0.4) is 0 Å². The molecule has 158 valence electrons. The Kier molecular flexibility index (Phi) is 6.14. The van der Waals surface area contributed by atoms with Crippen LogP contribution in [0.2, 0.25) is 0 Å². The number of carbonyl (C=O) groups is 1. The molecule has 1 aliphatic heterocycles. The lowest BCUT2D eigenvalue weighted by molar-refractivity contribution is -0.105. The minimum Gasteiger partial charge on any atom is -0.381 e. The SMILES string of the molecule is CSc1cc(C2CCCOC2)ccc1Nc1cc(NC=O)nc2nc(C(F)F)[nH]c12. The first-order valence-corrected chi connectivity index (χ1v) is 10.7. The second-order valence-corrected chi connectivity index (χ2v) is 7.79. The second kappa shape index (κ2) is 8.97. The molecule has 1 aliphatic rings. The van der Waals surface area contributed by atoms with Gasteiger partial charge >= 0.3 is 0 Å². The molecule has 3 aromatic rings. The molecule has 4 rings (SSSR count). The number of amides is 1. The van der Waals surface area contributed by atoms with Crippen molar-refractivity contribution in [1.82, 2.24) is 15.0 Å². The van der Waals surface area contributed by atoms with Gasteiger partial charge in [0.2, 0.25) is 6.41 Å². The maximum atomic E-state index is 13.1. The van der Waals surface area contributed by atoms with Crippen LogP contribution >= 0.6 is 11.8 Å². The number of pyridine rings is 1. The summed E-state index contributed by atoms with van der Waals surface area (Å²) in [4.78, 5) is 22.4. The summed E-state index contributed by atoms with van der Waals surface area (Å²) in [7, 11) is 0. The number of carbonyl (C=O) groups excluding carboxylic acids is 1. The number of nitrogens with one attached hydrogen (secondary N) is 3. The van der Waals surface area contributed by atoms with E-state index in [2.05, 4.69) is 37.7 Å². The van der Waals surface area contributed by atoms with Gasteiger partial charge in [-0.1, -0.05) is 6.07 Å². The highest BCUT2D eigenvalue weighted by Gasteiger charge is 2.19. The van der Waals surface area contributed by atoms with Crippen LogP contribution < -0.4 is 10.6 Å². The molecule has 1 unspecified atom stereocenters. The van der Waals surface area contributed by atoms with Gasteiger partial charge in [-0.2, -0.15) is 0 Å². The number of hydrogen-bond donors (Lipinski definition) is 3. The molecule has 1 saturated heterocycles. The molecule has 0 aliphatic carbocycles. The average Bonchev–Trinajstić information content (AvgIpc) is 3.20. The number of ether oxygens (including phenoxy) is 1. The summed E-state index contributed by atoms with van der Waals surface area (Å²) >= 11 is 1.59. The molecule has 7 nitrogen and oxygen atoms in total. The summed E-state index contributed by atoms with van der Waals surface area (Å²) in [5, 5.41) is 5.74. The van der Waals surface area contributed by atoms with Gasteiger partial charge in [0.1, 0.15) is 11.3 Å². The summed E-state index contributed by atoms with van der Waals surface area (Å²) in [5.41, 5.74) is 2.97. The van der Waals surface area contributed by atoms with E-state index in [0.717, 1.165) is 36.6 Å². The number of aromatic nitrogens is 3. The lowest BCUT2D eigenvalue weighted by atomic mass is 9.93. The first-order valence-electron chi connectivity index (χ1n) is 9.50. The third-order valence-electron chi connectivity index (χ3n) is 5.02. The van der Waals surface area contributed by atoms with Crippen LogP contribution in [0.4, 0.5) is 26.0 Å². The van der Waals surface area contributed by atoms with Gasteiger partial charge in [-0.05, 0) is 36.8 Å². The number of halogens is 2. The first-order chi connectivity index (χ1) is 14.6. The molecule has 0 saturated carbocycles. The minimum absolute atomic E-state index is 0.0985. The Labute approximate surface area is 176 Å². The Balaban J connectivity index is 1.71. The third-order valence-corrected chi connectivity index (χ3v) is 5.80. The maximum absolute atomic E-state index is 13.1. The molecule has 3 N–H and O–H groups in total. The number of rotatable bonds is 7. The van der Waals surface area contributed by atoms with Gasteiger partial charge < -0.3 is 20.4 Å². The zero-order valence-electron chi connectivity index (χ0n) is 16.2. The zero-order chi connectivity index (χ0) is 21.1. The van der Waals surface area contributed by atoms with Crippen molar-refractivity contribution in [2.75, 3.05) is 30.1 Å². The van der Waals surface area contributed by atoms with Crippen LogP contribution in [-0.2, 0) is 9.53 Å². The van der Waals surface area contributed by atoms with Gasteiger partial charge in [-0.25, -0.2) is 18.7 Å². The number of alkyl halides is 2. The summed E-state index contributed by atoms with van der Waals surface area (Å²) in [6.45, 7) is 1.53. The molecule has 1 atom stereocenters. The van der Waals surface area contributed by atoms with Crippen molar-refractivity contribution in [2.45, 2.75) is 30.1 Å². The van der Waals surface area contributed by atoms with E-state index >= 15 is 0 Å². The number of benzene rings is 1. The predicted molar refractivity (Wildman–Crippen MR) is 113 cm³/mol. The summed E-state index contributed by atoms with van der Waals surface area (Å²) < 4.78 is 31.9. The molecule has 0 bridgehead atoms. The second-order valence-electron chi connectivity index (χ2n) is 6.94. The van der Waals surface area contributed by atoms with E-state index in [1.807, 2.05) is 12.3 Å². The minimum atomic E-state index is -2.76. The van der Waals surface area contributed by atoms with Gasteiger partial charge in [0.05, 0.1) is 18.0 Å². The number of fused-ring (bicyclic) bond motifs is 1. The van der Waals surface area contributed by atoms with E-state index in [0.29, 0.717) is 23.5 Å². The standard InChI is InChI=1S/C20H21F2N5O2S/c1-30-15-7-11(12-3-2-6-29-9-12)4-5-13(15)24-14-8-16(23-10-28)25-19-17(14)26-20(27-19)18(21)22/h4-5,7-8,10,12,18H,2-3,6,9H2,1H3,(H3,23,24,25,26,27,28). The number of hydrogen-bond acceptors (Lipinski definition) is 6. The van der Waals surface area contributed by atoms with Crippen molar-refractivity contribution in [3.63, 3.8) is 0 Å². The van der Waals surface area contributed by atoms with Crippen LogP contribution in [-0.4, -0.2) is 40.8 Å². The van der Waals surface area contributed by atoms with Gasteiger partial charge in [0, 0.05) is 23.5 Å². The summed E-state index contributed by atoms with van der Waals surface area (Å²) in [6, 6.07) is 7.74. The van der Waals surface area contributed by atoms with E-state index in [9.17, 15) is 13.6 Å². The van der Waals surface area contributed by atoms with Crippen LogP contribution in [0.1, 0.15) is 36.6 Å². The van der Waals surface area contributed by atoms with Gasteiger partial charge in [0.25, 0.3) is 6.43 Å². The Morgan fingerprint density at radius 1 is 1.30 bits per heavy atom. The number of aromatic amines is 1. The molecular formula is C20H21F2N5O2S. The number of H-pyrrole nitrogens is 1. The highest BCUT2D eigenvalue weighted by atomic mass is 32.2. The zero-order valence-corrected chi connectivity index (χ0v) is 17.1. The van der Waals surface area contributed by atoms with E-state index in [4.69, 9.17) is 4.74 Å². The Morgan fingerprint density at radius 2 is 2.17 bits per heavy atom. The molecule has 30 heavy (non-hydrogen) atoms. The largest absolute Gasteiger partial charge is 0.381 e. The summed E-state index contributed by atoms with van der Waals surface area (Å²) in [5.74, 6) is 0.117. The van der Waals surface area contributed by atoms with Crippen molar-refractivity contribution in [3.05, 3.63) is 35.7 Å². The van der Waals surface area contributed by atoms with E-state index in [1.165, 1.54) is 5.56 Å². The summed E-state index contributed by atoms with van der Waals surface area (Å²) in [6.07, 6.45) is 1.85. The van der Waals surface area contributed by atoms with Crippen molar-refractivity contribution >= 4 is 46.5 Å². The maximum Gasteiger partial charge on any atom is 0.295 e.